The van der Waals surface area contributed by atoms with Crippen molar-refractivity contribution in [1.82, 2.24) is 10.0 Å². The van der Waals surface area contributed by atoms with Crippen LogP contribution in [0.5, 0.6) is 0 Å². The minimum atomic E-state index is -0.497. The summed E-state index contributed by atoms with van der Waals surface area (Å²) in [5.41, 5.74) is 0.239. The molecule has 1 aliphatic rings. The summed E-state index contributed by atoms with van der Waals surface area (Å²) in [6.07, 6.45) is -0.303. The lowest BCUT2D eigenvalue weighted by atomic mass is 10.2. The normalized spacial score (nSPS) is 16.2. The van der Waals surface area contributed by atoms with Gasteiger partial charge in [-0.3, -0.25) is 10.0 Å². The fraction of sp³-hybridized carbons (Fsp3) is 0.600. The summed E-state index contributed by atoms with van der Waals surface area (Å²) in [5, 5.41) is 21.7. The van der Waals surface area contributed by atoms with E-state index >= 15 is 0 Å². The molecule has 7 heteroatoms. The van der Waals surface area contributed by atoms with Crippen molar-refractivity contribution in [2.75, 3.05) is 18.0 Å². The number of rotatable bonds is 3. The number of aliphatic hydroxyl groups is 1. The van der Waals surface area contributed by atoms with Gasteiger partial charge >= 0.3 is 0 Å². The second kappa shape index (κ2) is 4.59. The highest BCUT2D eigenvalue weighted by atomic mass is 32.1. The van der Waals surface area contributed by atoms with Gasteiger partial charge in [0.15, 0.2) is 5.13 Å². The molecule has 94 valence electrons. The van der Waals surface area contributed by atoms with Crippen LogP contribution >= 0.6 is 11.3 Å². The molecule has 0 saturated carbocycles. The molecular weight excluding hydrogens is 242 g/mol. The number of hydrogen-bond acceptors (Lipinski definition) is 6. The highest BCUT2D eigenvalue weighted by molar-refractivity contribution is 7.14. The zero-order chi connectivity index (χ0) is 12.6. The van der Waals surface area contributed by atoms with Crippen LogP contribution in [0, 0.1) is 0 Å². The SMILES string of the molecule is CC(C)N(O)C(=O)c1csc(N2CC(O)C2)n1. The first-order valence-electron chi connectivity index (χ1n) is 5.40. The number of thiazole rings is 1. The van der Waals surface area contributed by atoms with Crippen LogP contribution in [0.2, 0.25) is 0 Å². The van der Waals surface area contributed by atoms with Crippen LogP contribution in [-0.4, -0.2) is 51.5 Å². The summed E-state index contributed by atoms with van der Waals surface area (Å²) in [7, 11) is 0. The smallest absolute Gasteiger partial charge is 0.296 e. The first-order chi connectivity index (χ1) is 7.99. The Morgan fingerprint density at radius 3 is 2.82 bits per heavy atom. The van der Waals surface area contributed by atoms with E-state index in [-0.39, 0.29) is 17.8 Å². The van der Waals surface area contributed by atoms with Crippen molar-refractivity contribution in [3.05, 3.63) is 11.1 Å². The summed E-state index contributed by atoms with van der Waals surface area (Å²) >= 11 is 1.34. The van der Waals surface area contributed by atoms with Crippen LogP contribution in [0.4, 0.5) is 5.13 Å². The lowest BCUT2D eigenvalue weighted by Crippen LogP contribution is -2.50. The van der Waals surface area contributed by atoms with Gasteiger partial charge in [0.25, 0.3) is 5.91 Å². The molecule has 1 aromatic rings. The number of aromatic nitrogens is 1. The zero-order valence-corrected chi connectivity index (χ0v) is 10.5. The Labute approximate surface area is 103 Å². The van der Waals surface area contributed by atoms with E-state index in [2.05, 4.69) is 4.98 Å². The predicted molar refractivity (Wildman–Crippen MR) is 63.4 cm³/mol. The van der Waals surface area contributed by atoms with Crippen molar-refractivity contribution in [3.63, 3.8) is 0 Å². The highest BCUT2D eigenvalue weighted by Gasteiger charge is 2.28. The van der Waals surface area contributed by atoms with E-state index < -0.39 is 5.91 Å². The maximum Gasteiger partial charge on any atom is 0.296 e. The van der Waals surface area contributed by atoms with Crippen molar-refractivity contribution < 1.29 is 15.1 Å². The molecule has 1 aromatic heterocycles. The lowest BCUT2D eigenvalue weighted by Gasteiger charge is -2.35. The maximum atomic E-state index is 11.7. The summed E-state index contributed by atoms with van der Waals surface area (Å²) in [4.78, 5) is 17.8. The second-order valence-corrected chi connectivity index (χ2v) is 5.15. The summed E-state index contributed by atoms with van der Waals surface area (Å²) in [5.74, 6) is -0.497. The van der Waals surface area contributed by atoms with Gasteiger partial charge in [-0.05, 0) is 13.8 Å². The molecule has 2 N–H and O–H groups in total. The van der Waals surface area contributed by atoms with E-state index in [9.17, 15) is 15.1 Å². The molecule has 0 spiro atoms. The van der Waals surface area contributed by atoms with Gasteiger partial charge in [0.05, 0.1) is 12.1 Å². The molecule has 0 unspecified atom stereocenters. The molecule has 6 nitrogen and oxygen atoms in total. The van der Waals surface area contributed by atoms with Gasteiger partial charge in [-0.1, -0.05) is 0 Å². The molecule has 1 aliphatic heterocycles. The van der Waals surface area contributed by atoms with E-state index in [1.807, 2.05) is 4.90 Å². The van der Waals surface area contributed by atoms with E-state index in [0.29, 0.717) is 23.3 Å². The van der Waals surface area contributed by atoms with E-state index in [4.69, 9.17) is 0 Å². The predicted octanol–water partition coefficient (Wildman–Crippen LogP) is 0.564. The fourth-order valence-corrected chi connectivity index (χ4v) is 2.29. The van der Waals surface area contributed by atoms with Crippen LogP contribution in [0.3, 0.4) is 0 Å². The molecule has 17 heavy (non-hydrogen) atoms. The quantitative estimate of drug-likeness (QED) is 0.611. The van der Waals surface area contributed by atoms with Crippen molar-refractivity contribution >= 4 is 22.4 Å². The van der Waals surface area contributed by atoms with Crippen molar-refractivity contribution in [1.29, 1.82) is 0 Å². The fourth-order valence-electron chi connectivity index (χ4n) is 1.47. The largest absolute Gasteiger partial charge is 0.389 e. The van der Waals surface area contributed by atoms with E-state index in [1.54, 1.807) is 19.2 Å². The van der Waals surface area contributed by atoms with Gasteiger partial charge in [0, 0.05) is 18.5 Å². The maximum absolute atomic E-state index is 11.7. The molecule has 1 amide bonds. The van der Waals surface area contributed by atoms with Crippen molar-refractivity contribution in [2.24, 2.45) is 0 Å². The number of β-amino-alcohol motifs (C(OH)–C–C–N with tert-alkyl or cyclic N) is 1. The number of carbonyl (C=O) groups is 1. The number of nitrogens with zero attached hydrogens (tertiary/aromatic N) is 3. The van der Waals surface area contributed by atoms with Crippen LogP contribution in [0.25, 0.3) is 0 Å². The molecule has 0 aromatic carbocycles. The highest BCUT2D eigenvalue weighted by Crippen LogP contribution is 2.25. The number of hydrogen-bond donors (Lipinski definition) is 2. The van der Waals surface area contributed by atoms with Crippen LogP contribution in [0.15, 0.2) is 5.38 Å². The number of anilines is 1. The summed E-state index contributed by atoms with van der Waals surface area (Å²) in [6, 6.07) is -0.279. The number of carbonyl (C=O) groups excluding carboxylic acids is 1. The molecule has 0 bridgehead atoms. The molecule has 2 heterocycles. The van der Waals surface area contributed by atoms with Crippen LogP contribution in [-0.2, 0) is 0 Å². The monoisotopic (exact) mass is 257 g/mol. The number of amides is 1. The third kappa shape index (κ3) is 2.41. The Kier molecular flexibility index (Phi) is 3.32. The third-order valence-electron chi connectivity index (χ3n) is 2.54. The van der Waals surface area contributed by atoms with Crippen molar-refractivity contribution in [3.8, 4) is 0 Å². The standard InChI is InChI=1S/C10H15N3O3S/c1-6(2)13(16)9(15)8-5-17-10(11-8)12-3-7(14)4-12/h5-7,14,16H,3-4H2,1-2H3. The van der Waals surface area contributed by atoms with Gasteiger partial charge in [0.1, 0.15) is 5.69 Å². The van der Waals surface area contributed by atoms with Gasteiger partial charge in [0.2, 0.25) is 0 Å². The number of hydroxylamine groups is 2. The van der Waals surface area contributed by atoms with Gasteiger partial charge < -0.3 is 10.0 Å². The lowest BCUT2D eigenvalue weighted by molar-refractivity contribution is -0.0797. The molecule has 2 rings (SSSR count). The first kappa shape index (κ1) is 12.3. The minimum absolute atomic E-state index is 0.239. The first-order valence-corrected chi connectivity index (χ1v) is 6.28. The average molecular weight is 257 g/mol. The Bertz CT molecular complexity index is 415. The second-order valence-electron chi connectivity index (χ2n) is 4.32. The van der Waals surface area contributed by atoms with Crippen LogP contribution < -0.4 is 4.90 Å². The molecular formula is C10H15N3O3S. The molecule has 1 fully saturated rings. The minimum Gasteiger partial charge on any atom is -0.389 e. The summed E-state index contributed by atoms with van der Waals surface area (Å²) in [6.45, 7) is 4.54. The van der Waals surface area contributed by atoms with Crippen molar-refractivity contribution in [2.45, 2.75) is 26.0 Å². The third-order valence-corrected chi connectivity index (χ3v) is 3.44. The molecule has 0 aliphatic carbocycles. The Morgan fingerprint density at radius 1 is 1.65 bits per heavy atom. The van der Waals surface area contributed by atoms with E-state index in [1.165, 1.54) is 11.3 Å². The van der Waals surface area contributed by atoms with Gasteiger partial charge in [-0.15, -0.1) is 11.3 Å². The summed E-state index contributed by atoms with van der Waals surface area (Å²) < 4.78 is 0. The zero-order valence-electron chi connectivity index (χ0n) is 9.70. The average Bonchev–Trinajstić information content (AvgIpc) is 2.71. The Balaban J connectivity index is 2.05. The molecule has 0 atom stereocenters. The molecule has 0 radical (unpaired) electrons. The van der Waals surface area contributed by atoms with E-state index in [0.717, 1.165) is 0 Å². The van der Waals surface area contributed by atoms with Gasteiger partial charge in [-0.2, -0.15) is 0 Å². The topological polar surface area (TPSA) is 76.9 Å². The Morgan fingerprint density at radius 2 is 2.29 bits per heavy atom. The van der Waals surface area contributed by atoms with Crippen LogP contribution in [0.1, 0.15) is 24.3 Å². The number of aliphatic hydroxyl groups excluding tert-OH is 1. The molecule has 1 saturated heterocycles. The Hall–Kier alpha value is -1.18. The van der Waals surface area contributed by atoms with Gasteiger partial charge in [-0.25, -0.2) is 10.0 Å².